The van der Waals surface area contributed by atoms with Crippen LogP contribution in [0.5, 0.6) is 0 Å². The van der Waals surface area contributed by atoms with Gasteiger partial charge in [-0.05, 0) is 0 Å². The van der Waals surface area contributed by atoms with Crippen molar-refractivity contribution >= 4 is 44.4 Å². The molecule has 0 aliphatic heterocycles. The number of hydrogen-bond donors (Lipinski definition) is 1. The first-order valence-electron chi connectivity index (χ1n) is 10.6. The summed E-state index contributed by atoms with van der Waals surface area (Å²) in [5, 5.41) is 5.83. The van der Waals surface area contributed by atoms with Crippen LogP contribution in [-0.4, -0.2) is 28.3 Å². The molecule has 0 saturated carbocycles. The van der Waals surface area contributed by atoms with Crippen molar-refractivity contribution < 1.29 is 13.2 Å². The Hall–Kier alpha value is -0.831. The van der Waals surface area contributed by atoms with E-state index >= 15 is 0 Å². The molecule has 0 aromatic carbocycles. The number of nitrogens with one attached hydrogen (secondary N) is 1. The fourth-order valence-electron chi connectivity index (χ4n) is 3.65. The summed E-state index contributed by atoms with van der Waals surface area (Å²) in [5.41, 5.74) is -0.887. The summed E-state index contributed by atoms with van der Waals surface area (Å²) >= 11 is -1.12. The van der Waals surface area contributed by atoms with Gasteiger partial charge in [-0.25, -0.2) is 0 Å². The quantitative estimate of drug-likeness (QED) is 0.290. The van der Waals surface area contributed by atoms with E-state index in [0.29, 0.717) is 5.13 Å². The van der Waals surface area contributed by atoms with Crippen LogP contribution in [0.4, 0.5) is 24.1 Å². The number of unbranched alkanes of at least 4 members (excludes halogenated alkanes) is 3. The van der Waals surface area contributed by atoms with Gasteiger partial charge in [-0.2, -0.15) is 0 Å². The van der Waals surface area contributed by atoms with E-state index < -0.39 is 30.2 Å². The zero-order valence-electron chi connectivity index (χ0n) is 17.6. The van der Waals surface area contributed by atoms with Crippen molar-refractivity contribution in [1.82, 2.24) is 9.97 Å². The SMILES string of the molecule is CCC[CH2][Sn]([CH2]CCC)([CH2]CCC)[c]1csc(Nc2cccc(C(F)(F)F)n2)n1. The van der Waals surface area contributed by atoms with E-state index in [-0.39, 0.29) is 5.82 Å². The number of anilines is 2. The van der Waals surface area contributed by atoms with Crippen molar-refractivity contribution in [1.29, 1.82) is 0 Å². The van der Waals surface area contributed by atoms with Gasteiger partial charge < -0.3 is 0 Å². The summed E-state index contributed by atoms with van der Waals surface area (Å²) < 4.78 is 44.0. The van der Waals surface area contributed by atoms with Crippen LogP contribution in [0.3, 0.4) is 0 Å². The molecule has 0 unspecified atom stereocenters. The van der Waals surface area contributed by atoms with Gasteiger partial charge in [0.05, 0.1) is 0 Å². The third-order valence-electron chi connectivity index (χ3n) is 5.35. The van der Waals surface area contributed by atoms with Gasteiger partial charge in [-0.3, -0.25) is 0 Å². The number of halogens is 3. The van der Waals surface area contributed by atoms with Crippen molar-refractivity contribution in [3.05, 3.63) is 29.3 Å². The van der Waals surface area contributed by atoms with Crippen LogP contribution >= 0.6 is 11.3 Å². The van der Waals surface area contributed by atoms with Crippen molar-refractivity contribution in [2.45, 2.75) is 78.8 Å². The van der Waals surface area contributed by atoms with Gasteiger partial charge >= 0.3 is 181 Å². The van der Waals surface area contributed by atoms with E-state index in [4.69, 9.17) is 4.98 Å². The molecule has 8 heteroatoms. The van der Waals surface area contributed by atoms with Crippen LogP contribution in [-0.2, 0) is 6.18 Å². The maximum atomic E-state index is 12.9. The fourth-order valence-corrected chi connectivity index (χ4v) is 21.5. The van der Waals surface area contributed by atoms with Crippen LogP contribution in [0.1, 0.15) is 65.0 Å². The molecule has 0 amide bonds. The molecular weight excluding hydrogens is 502 g/mol. The maximum absolute atomic E-state index is 12.9. The Labute approximate surface area is 180 Å². The van der Waals surface area contributed by atoms with Gasteiger partial charge in [-0.1, -0.05) is 0 Å². The molecule has 3 nitrogen and oxygen atoms in total. The second-order valence-electron chi connectivity index (χ2n) is 7.66. The van der Waals surface area contributed by atoms with E-state index in [2.05, 4.69) is 36.5 Å². The minimum absolute atomic E-state index is 0.192. The van der Waals surface area contributed by atoms with E-state index in [0.717, 1.165) is 6.07 Å². The molecule has 0 aliphatic rings. The first kappa shape index (κ1) is 24.4. The van der Waals surface area contributed by atoms with E-state index in [1.54, 1.807) is 6.07 Å². The molecule has 0 radical (unpaired) electrons. The summed E-state index contributed by atoms with van der Waals surface area (Å²) in [6.07, 6.45) is 2.88. The Bertz CT molecular complexity index is 727. The summed E-state index contributed by atoms with van der Waals surface area (Å²) in [6.45, 7) is 6.72. The number of alkyl halides is 3. The van der Waals surface area contributed by atoms with Crippen LogP contribution < -0.4 is 9.03 Å². The monoisotopic (exact) mass is 535 g/mol. The van der Waals surface area contributed by atoms with E-state index in [1.807, 2.05) is 0 Å². The van der Waals surface area contributed by atoms with Crippen molar-refractivity contribution in [3.63, 3.8) is 0 Å². The van der Waals surface area contributed by atoms with Gasteiger partial charge in [0, 0.05) is 0 Å². The molecule has 2 heterocycles. The van der Waals surface area contributed by atoms with Crippen LogP contribution in [0.2, 0.25) is 13.3 Å². The third-order valence-corrected chi connectivity index (χ3v) is 21.8. The summed E-state index contributed by atoms with van der Waals surface area (Å²) in [4.78, 5) is 8.62. The number of pyridine rings is 1. The molecule has 2 rings (SSSR count). The number of nitrogens with zero attached hydrogens (tertiary/aromatic N) is 2. The molecule has 1 N–H and O–H groups in total. The molecule has 0 atom stereocenters. The summed E-state index contributed by atoms with van der Waals surface area (Å²) in [7, 11) is 0. The number of rotatable bonds is 12. The van der Waals surface area contributed by atoms with Crippen LogP contribution in [0.15, 0.2) is 23.6 Å². The second-order valence-corrected chi connectivity index (χ2v) is 21.6. The summed E-state index contributed by atoms with van der Waals surface area (Å²) in [6, 6.07) is 3.91. The van der Waals surface area contributed by atoms with Gasteiger partial charge in [0.15, 0.2) is 0 Å². The Kier molecular flexibility index (Phi) is 9.72. The molecule has 0 aliphatic carbocycles. The first-order chi connectivity index (χ1) is 13.8. The predicted octanol–water partition coefficient (Wildman–Crippen LogP) is 7.36. The Balaban J connectivity index is 2.26. The Morgan fingerprint density at radius 2 is 1.52 bits per heavy atom. The van der Waals surface area contributed by atoms with Gasteiger partial charge in [0.25, 0.3) is 0 Å². The number of hydrogen-bond acceptors (Lipinski definition) is 4. The molecule has 162 valence electrons. The van der Waals surface area contributed by atoms with Crippen LogP contribution in [0, 0.1) is 0 Å². The predicted molar refractivity (Wildman–Crippen MR) is 119 cm³/mol. The van der Waals surface area contributed by atoms with E-state index in [9.17, 15) is 13.2 Å². The zero-order chi connectivity index (χ0) is 21.3. The molecular formula is C21H32F3N3SSn. The zero-order valence-corrected chi connectivity index (χ0v) is 21.3. The Morgan fingerprint density at radius 1 is 0.931 bits per heavy atom. The van der Waals surface area contributed by atoms with Gasteiger partial charge in [0.2, 0.25) is 0 Å². The number of aromatic nitrogens is 2. The van der Waals surface area contributed by atoms with Crippen molar-refractivity contribution in [2.24, 2.45) is 0 Å². The van der Waals surface area contributed by atoms with Crippen molar-refractivity contribution in [2.75, 3.05) is 5.32 Å². The molecule has 0 spiro atoms. The van der Waals surface area contributed by atoms with Gasteiger partial charge in [-0.15, -0.1) is 0 Å². The molecule has 0 bridgehead atoms. The van der Waals surface area contributed by atoms with Crippen molar-refractivity contribution in [3.8, 4) is 0 Å². The normalized spacial score (nSPS) is 12.3. The minimum atomic E-state index is -4.45. The molecule has 2 aromatic rings. The summed E-state index contributed by atoms with van der Waals surface area (Å²) in [5.74, 6) is 0.192. The van der Waals surface area contributed by atoms with Crippen LogP contribution in [0.25, 0.3) is 0 Å². The fraction of sp³-hybridized carbons (Fsp3) is 0.619. The first-order valence-corrected chi connectivity index (χ1v) is 19.0. The Morgan fingerprint density at radius 3 is 2.03 bits per heavy atom. The van der Waals surface area contributed by atoms with Gasteiger partial charge in [0.1, 0.15) is 0 Å². The standard InChI is InChI=1S/C9H5F3N3S.3C4H9.Sn/c10-9(11,12)6-2-1-3-7(14-6)15-8-13-4-5-16-8;3*1-3-4-2;/h1-3,5H,(H,13,14,15);3*1,3-4H2,2H3;. The third kappa shape index (κ3) is 7.12. The number of thiazole rings is 1. The van der Waals surface area contributed by atoms with E-state index in [1.165, 1.54) is 72.9 Å². The molecule has 0 saturated heterocycles. The topological polar surface area (TPSA) is 37.8 Å². The average molecular weight is 534 g/mol. The molecule has 29 heavy (non-hydrogen) atoms. The second kappa shape index (κ2) is 11.5. The molecule has 2 aromatic heterocycles. The average Bonchev–Trinajstić information content (AvgIpc) is 3.16. The molecule has 0 fully saturated rings.